The van der Waals surface area contributed by atoms with Crippen LogP contribution >= 0.6 is 0 Å². The zero-order valence-electron chi connectivity index (χ0n) is 17.9. The molecule has 2 aromatic heterocycles. The highest BCUT2D eigenvalue weighted by Gasteiger charge is 2.11. The summed E-state index contributed by atoms with van der Waals surface area (Å²) in [4.78, 5) is 40.8. The fourth-order valence-electron chi connectivity index (χ4n) is 3.21. The number of carbonyl (C=O) groups excluding carboxylic acids is 2. The maximum atomic E-state index is 12.8. The third-order valence-electron chi connectivity index (χ3n) is 4.77. The van der Waals surface area contributed by atoms with E-state index in [1.165, 1.54) is 22.9 Å². The Balaban J connectivity index is 1.77. The molecule has 3 N–H and O–H groups in total. The minimum atomic E-state index is -0.520. The molecule has 3 rings (SSSR count). The van der Waals surface area contributed by atoms with E-state index in [0.29, 0.717) is 17.8 Å². The Morgan fingerprint density at radius 3 is 2.75 bits per heavy atom. The maximum absolute atomic E-state index is 12.8. The Hall–Kier alpha value is -3.78. The molecule has 0 aliphatic rings. The molecule has 8 nitrogen and oxygen atoms in total. The summed E-state index contributed by atoms with van der Waals surface area (Å²) >= 11 is 0. The number of esters is 1. The molecule has 32 heavy (non-hydrogen) atoms. The number of nitrogens with zero attached hydrogens (tertiary/aromatic N) is 2. The van der Waals surface area contributed by atoms with Gasteiger partial charge in [0.25, 0.3) is 11.5 Å². The normalized spacial score (nSPS) is 10.6. The number of pyridine rings is 2. The van der Waals surface area contributed by atoms with Gasteiger partial charge in [0, 0.05) is 35.8 Å². The van der Waals surface area contributed by atoms with Crippen LogP contribution in [-0.2, 0) is 22.5 Å². The van der Waals surface area contributed by atoms with Crippen LogP contribution in [0.5, 0.6) is 0 Å². The molecule has 0 atom stereocenters. The molecule has 0 aliphatic heterocycles. The Bertz CT molecular complexity index is 1160. The highest BCUT2D eigenvalue weighted by atomic mass is 16.5. The topological polar surface area (TPSA) is 116 Å². The molecule has 0 saturated heterocycles. The first-order valence-electron chi connectivity index (χ1n) is 10.4. The van der Waals surface area contributed by atoms with E-state index in [-0.39, 0.29) is 24.6 Å². The lowest BCUT2D eigenvalue weighted by atomic mass is 10.0. The zero-order valence-corrected chi connectivity index (χ0v) is 17.9. The first-order valence-corrected chi connectivity index (χ1v) is 10.4. The van der Waals surface area contributed by atoms with Crippen molar-refractivity contribution in [3.8, 4) is 11.1 Å². The third-order valence-corrected chi connectivity index (χ3v) is 4.77. The van der Waals surface area contributed by atoms with E-state index in [1.807, 2.05) is 18.3 Å². The summed E-state index contributed by atoms with van der Waals surface area (Å²) in [5, 5.41) is 2.77. The average Bonchev–Trinajstić information content (AvgIpc) is 2.80. The van der Waals surface area contributed by atoms with Gasteiger partial charge in [-0.15, -0.1) is 0 Å². The van der Waals surface area contributed by atoms with Gasteiger partial charge in [0.05, 0.1) is 12.3 Å². The first-order chi connectivity index (χ1) is 15.5. The van der Waals surface area contributed by atoms with Gasteiger partial charge in [-0.05, 0) is 61.7 Å². The summed E-state index contributed by atoms with van der Waals surface area (Å²) in [6, 6.07) is 12.1. The summed E-state index contributed by atoms with van der Waals surface area (Å²) in [5.74, 6) is -0.853. The lowest BCUT2D eigenvalue weighted by Crippen LogP contribution is -2.25. The second-order valence-corrected chi connectivity index (χ2v) is 7.20. The van der Waals surface area contributed by atoms with Crippen LogP contribution in [0, 0.1) is 0 Å². The molecule has 2 heterocycles. The van der Waals surface area contributed by atoms with Crippen molar-refractivity contribution in [3.63, 3.8) is 0 Å². The van der Waals surface area contributed by atoms with Crippen LogP contribution in [0.25, 0.3) is 11.1 Å². The first kappa shape index (κ1) is 22.9. The van der Waals surface area contributed by atoms with Gasteiger partial charge in [-0.25, -0.2) is 0 Å². The molecule has 1 amide bonds. The quantitative estimate of drug-likeness (QED) is 0.500. The molecular formula is C24H26N4O4. The zero-order chi connectivity index (χ0) is 22.9. The molecule has 1 aromatic carbocycles. The SMILES string of the molecule is CCOC(=O)Cn1cc(NC(=O)c2cccc(-c3cncc(CCCN)c3)c2)ccc1=O. The minimum Gasteiger partial charge on any atom is -0.465 e. The molecule has 0 radical (unpaired) electrons. The molecular weight excluding hydrogens is 408 g/mol. The van der Waals surface area contributed by atoms with Gasteiger partial charge < -0.3 is 20.4 Å². The monoisotopic (exact) mass is 434 g/mol. The van der Waals surface area contributed by atoms with Crippen LogP contribution in [0.2, 0.25) is 0 Å². The van der Waals surface area contributed by atoms with Crippen molar-refractivity contribution < 1.29 is 14.3 Å². The molecule has 166 valence electrons. The van der Waals surface area contributed by atoms with Gasteiger partial charge in [-0.1, -0.05) is 12.1 Å². The molecule has 3 aromatic rings. The van der Waals surface area contributed by atoms with Crippen LogP contribution in [0.15, 0.2) is 65.8 Å². The van der Waals surface area contributed by atoms with E-state index in [4.69, 9.17) is 10.5 Å². The number of anilines is 1. The van der Waals surface area contributed by atoms with Crippen LogP contribution in [-0.4, -0.2) is 34.6 Å². The molecule has 0 saturated carbocycles. The van der Waals surface area contributed by atoms with E-state index in [9.17, 15) is 14.4 Å². The highest BCUT2D eigenvalue weighted by molar-refractivity contribution is 6.04. The summed E-state index contributed by atoms with van der Waals surface area (Å²) in [6.07, 6.45) is 6.73. The number of ether oxygens (including phenoxy) is 1. The Kier molecular flexibility index (Phi) is 7.88. The molecule has 8 heteroatoms. The molecule has 0 aliphatic carbocycles. The van der Waals surface area contributed by atoms with Gasteiger partial charge in [0.2, 0.25) is 0 Å². The van der Waals surface area contributed by atoms with Crippen molar-refractivity contribution in [2.75, 3.05) is 18.5 Å². The van der Waals surface area contributed by atoms with Gasteiger partial charge in [0.15, 0.2) is 0 Å². The highest BCUT2D eigenvalue weighted by Crippen LogP contribution is 2.22. The Morgan fingerprint density at radius 1 is 1.12 bits per heavy atom. The maximum Gasteiger partial charge on any atom is 0.326 e. The second-order valence-electron chi connectivity index (χ2n) is 7.20. The van der Waals surface area contributed by atoms with E-state index < -0.39 is 5.97 Å². The number of hydrogen-bond donors (Lipinski definition) is 2. The smallest absolute Gasteiger partial charge is 0.326 e. The predicted octanol–water partition coefficient (Wildman–Crippen LogP) is 2.62. The number of benzene rings is 1. The van der Waals surface area contributed by atoms with E-state index in [0.717, 1.165) is 29.5 Å². The predicted molar refractivity (Wildman–Crippen MR) is 122 cm³/mol. The van der Waals surface area contributed by atoms with Crippen molar-refractivity contribution in [1.29, 1.82) is 0 Å². The number of aryl methyl sites for hydroxylation is 1. The summed E-state index contributed by atoms with van der Waals surface area (Å²) in [6.45, 7) is 2.32. The van der Waals surface area contributed by atoms with Crippen LogP contribution in [0.1, 0.15) is 29.3 Å². The number of nitrogens with two attached hydrogens (primary N) is 1. The van der Waals surface area contributed by atoms with Crippen molar-refractivity contribution in [2.24, 2.45) is 5.73 Å². The molecule has 0 spiro atoms. The molecule has 0 unspecified atom stereocenters. The average molecular weight is 434 g/mol. The second kappa shape index (κ2) is 11.0. The Labute approximate surface area is 186 Å². The summed E-state index contributed by atoms with van der Waals surface area (Å²) < 4.78 is 6.08. The number of rotatable bonds is 9. The van der Waals surface area contributed by atoms with E-state index >= 15 is 0 Å². The third kappa shape index (κ3) is 6.12. The lowest BCUT2D eigenvalue weighted by molar-refractivity contribution is -0.143. The fourth-order valence-corrected chi connectivity index (χ4v) is 3.21. The van der Waals surface area contributed by atoms with Gasteiger partial charge in [-0.2, -0.15) is 0 Å². The molecule has 0 bridgehead atoms. The van der Waals surface area contributed by atoms with Crippen LogP contribution < -0.4 is 16.6 Å². The van der Waals surface area contributed by atoms with Crippen molar-refractivity contribution in [2.45, 2.75) is 26.3 Å². The lowest BCUT2D eigenvalue weighted by Gasteiger charge is -2.10. The van der Waals surface area contributed by atoms with Crippen molar-refractivity contribution >= 4 is 17.6 Å². The number of hydrogen-bond acceptors (Lipinski definition) is 6. The standard InChI is InChI=1S/C24H26N4O4/c1-2-32-23(30)16-28-15-21(8-9-22(28)29)27-24(31)19-7-3-6-18(12-19)20-11-17(5-4-10-25)13-26-14-20/h3,6-9,11-15H,2,4-5,10,16,25H2,1H3,(H,27,31). The largest absolute Gasteiger partial charge is 0.465 e. The molecule has 0 fully saturated rings. The van der Waals surface area contributed by atoms with Gasteiger partial charge in [-0.3, -0.25) is 19.4 Å². The Morgan fingerprint density at radius 2 is 1.97 bits per heavy atom. The fraction of sp³-hybridized carbons (Fsp3) is 0.250. The van der Waals surface area contributed by atoms with E-state index in [2.05, 4.69) is 10.3 Å². The van der Waals surface area contributed by atoms with Gasteiger partial charge >= 0.3 is 5.97 Å². The van der Waals surface area contributed by atoms with Crippen molar-refractivity contribution in [3.05, 3.63) is 82.5 Å². The summed E-state index contributed by atoms with van der Waals surface area (Å²) in [5.41, 5.74) is 8.95. The van der Waals surface area contributed by atoms with Crippen LogP contribution in [0.4, 0.5) is 5.69 Å². The van der Waals surface area contributed by atoms with Gasteiger partial charge in [0.1, 0.15) is 6.54 Å². The van der Waals surface area contributed by atoms with E-state index in [1.54, 1.807) is 31.3 Å². The van der Waals surface area contributed by atoms with Crippen molar-refractivity contribution in [1.82, 2.24) is 9.55 Å². The number of nitrogens with one attached hydrogen (secondary N) is 1. The number of aromatic nitrogens is 2. The number of carbonyl (C=O) groups is 2. The number of amides is 1. The van der Waals surface area contributed by atoms with Crippen LogP contribution in [0.3, 0.4) is 0 Å². The summed E-state index contributed by atoms with van der Waals surface area (Å²) in [7, 11) is 0. The minimum absolute atomic E-state index is 0.223.